The van der Waals surface area contributed by atoms with Crippen LogP contribution in [0.3, 0.4) is 0 Å². The van der Waals surface area contributed by atoms with Crippen molar-refractivity contribution in [3.63, 3.8) is 0 Å². The summed E-state index contributed by atoms with van der Waals surface area (Å²) in [5.74, 6) is 0.888. The number of aromatic nitrogens is 3. The third-order valence-corrected chi connectivity index (χ3v) is 5.36. The number of carbonyl (C=O) groups excluding carboxylic acids is 2. The summed E-state index contributed by atoms with van der Waals surface area (Å²) in [5, 5.41) is 2.93. The van der Waals surface area contributed by atoms with E-state index >= 15 is 0 Å². The minimum atomic E-state index is -0.255. The fourth-order valence-electron chi connectivity index (χ4n) is 3.85. The Bertz CT molecular complexity index is 1060. The van der Waals surface area contributed by atoms with E-state index in [1.54, 1.807) is 25.3 Å². The van der Waals surface area contributed by atoms with Gasteiger partial charge in [-0.3, -0.25) is 4.79 Å². The molecular formula is C22H25N5O3. The molecule has 1 unspecified atom stereocenters. The molecule has 1 N–H and O–H groups in total. The summed E-state index contributed by atoms with van der Waals surface area (Å²) < 4.78 is 6.97. The number of hydrogen-bond donors (Lipinski definition) is 1. The van der Waals surface area contributed by atoms with E-state index in [2.05, 4.69) is 10.3 Å². The van der Waals surface area contributed by atoms with Crippen LogP contribution in [0.2, 0.25) is 0 Å². The average Bonchev–Trinajstić information content (AvgIpc) is 3.35. The summed E-state index contributed by atoms with van der Waals surface area (Å²) in [6.45, 7) is 3.44. The van der Waals surface area contributed by atoms with Crippen molar-refractivity contribution in [2.45, 2.75) is 25.7 Å². The van der Waals surface area contributed by atoms with Gasteiger partial charge < -0.3 is 19.5 Å². The first-order valence-electron chi connectivity index (χ1n) is 10.1. The van der Waals surface area contributed by atoms with Gasteiger partial charge in [0.15, 0.2) is 5.65 Å². The van der Waals surface area contributed by atoms with Gasteiger partial charge in [-0.05, 0) is 43.2 Å². The Hall–Kier alpha value is -3.42. The molecule has 0 bridgehead atoms. The smallest absolute Gasteiger partial charge is 0.321 e. The standard InChI is InChI=1S/C22H25N5O3/c1-3-30-19(28)13-15-6-8-17(9-7-15)24-22(29)27-12-10-16(14-27)20-25-18-5-4-11-23-21(18)26(20)2/h4-9,11,16H,3,10,12-14H2,1-2H3,(H,24,29). The number of rotatable bonds is 5. The molecule has 156 valence electrons. The number of aryl methyl sites for hydroxylation is 1. The van der Waals surface area contributed by atoms with E-state index in [-0.39, 0.29) is 24.3 Å². The molecule has 1 aliphatic heterocycles. The van der Waals surface area contributed by atoms with Gasteiger partial charge in [-0.15, -0.1) is 0 Å². The van der Waals surface area contributed by atoms with Gasteiger partial charge in [0, 0.05) is 37.9 Å². The third-order valence-electron chi connectivity index (χ3n) is 5.36. The molecule has 8 heteroatoms. The summed E-state index contributed by atoms with van der Waals surface area (Å²) in [5.41, 5.74) is 3.28. The molecule has 30 heavy (non-hydrogen) atoms. The number of carbonyl (C=O) groups is 2. The molecule has 0 radical (unpaired) electrons. The fourth-order valence-corrected chi connectivity index (χ4v) is 3.85. The maximum absolute atomic E-state index is 12.7. The van der Waals surface area contributed by atoms with E-state index in [9.17, 15) is 9.59 Å². The quantitative estimate of drug-likeness (QED) is 0.657. The van der Waals surface area contributed by atoms with Crippen molar-refractivity contribution >= 4 is 28.9 Å². The molecule has 1 atom stereocenters. The Balaban J connectivity index is 1.37. The van der Waals surface area contributed by atoms with Gasteiger partial charge in [0.05, 0.1) is 13.0 Å². The van der Waals surface area contributed by atoms with Crippen molar-refractivity contribution in [2.24, 2.45) is 7.05 Å². The van der Waals surface area contributed by atoms with Crippen molar-refractivity contribution in [3.05, 3.63) is 54.0 Å². The van der Waals surface area contributed by atoms with Gasteiger partial charge in [0.25, 0.3) is 0 Å². The molecule has 4 rings (SSSR count). The van der Waals surface area contributed by atoms with Crippen LogP contribution in [0.15, 0.2) is 42.6 Å². The summed E-state index contributed by atoms with van der Waals surface area (Å²) in [7, 11) is 1.97. The number of nitrogens with one attached hydrogen (secondary N) is 1. The van der Waals surface area contributed by atoms with Crippen LogP contribution >= 0.6 is 0 Å². The van der Waals surface area contributed by atoms with Crippen LogP contribution in [0, 0.1) is 0 Å². The highest BCUT2D eigenvalue weighted by atomic mass is 16.5. The van der Waals surface area contributed by atoms with E-state index in [0.29, 0.717) is 25.4 Å². The molecule has 8 nitrogen and oxygen atoms in total. The maximum Gasteiger partial charge on any atom is 0.321 e. The van der Waals surface area contributed by atoms with Gasteiger partial charge in [-0.1, -0.05) is 12.1 Å². The Morgan fingerprint density at radius 2 is 2.03 bits per heavy atom. The second-order valence-electron chi connectivity index (χ2n) is 7.42. The van der Waals surface area contributed by atoms with Crippen molar-refractivity contribution in [3.8, 4) is 0 Å². The second kappa shape index (κ2) is 8.52. The van der Waals surface area contributed by atoms with Gasteiger partial charge in [0.2, 0.25) is 0 Å². The Labute approximate surface area is 174 Å². The lowest BCUT2D eigenvalue weighted by Crippen LogP contribution is -2.33. The molecule has 2 amide bonds. The van der Waals surface area contributed by atoms with Crippen LogP contribution < -0.4 is 5.32 Å². The molecule has 1 fully saturated rings. The Kier molecular flexibility index (Phi) is 5.65. The fraction of sp³-hybridized carbons (Fsp3) is 0.364. The van der Waals surface area contributed by atoms with Gasteiger partial charge >= 0.3 is 12.0 Å². The molecule has 1 aromatic carbocycles. The van der Waals surface area contributed by atoms with Crippen molar-refractivity contribution in [2.75, 3.05) is 25.0 Å². The number of likely N-dealkylation sites (tertiary alicyclic amines) is 1. The zero-order valence-electron chi connectivity index (χ0n) is 17.2. The third kappa shape index (κ3) is 4.12. The highest BCUT2D eigenvalue weighted by molar-refractivity contribution is 5.89. The van der Waals surface area contributed by atoms with Crippen LogP contribution in [0.25, 0.3) is 11.2 Å². The monoisotopic (exact) mass is 407 g/mol. The van der Waals surface area contributed by atoms with Crippen LogP contribution in [-0.2, 0) is 23.0 Å². The number of amides is 2. The van der Waals surface area contributed by atoms with Crippen LogP contribution in [0.4, 0.5) is 10.5 Å². The SMILES string of the molecule is CCOC(=O)Cc1ccc(NC(=O)N2CCC(c3nc4cccnc4n3C)C2)cc1. The number of pyridine rings is 1. The van der Waals surface area contributed by atoms with Crippen molar-refractivity contribution in [1.29, 1.82) is 0 Å². The number of hydrogen-bond acceptors (Lipinski definition) is 5. The van der Waals surface area contributed by atoms with Crippen LogP contribution in [0.1, 0.15) is 30.7 Å². The summed E-state index contributed by atoms with van der Waals surface area (Å²) >= 11 is 0. The highest BCUT2D eigenvalue weighted by Gasteiger charge is 2.30. The predicted octanol–water partition coefficient (Wildman–Crippen LogP) is 3.10. The topological polar surface area (TPSA) is 89.3 Å². The molecule has 1 saturated heterocycles. The predicted molar refractivity (Wildman–Crippen MR) is 113 cm³/mol. The Morgan fingerprint density at radius 3 is 2.77 bits per heavy atom. The maximum atomic E-state index is 12.7. The molecular weight excluding hydrogens is 382 g/mol. The molecule has 3 aromatic rings. The van der Waals surface area contributed by atoms with Crippen LogP contribution in [0.5, 0.6) is 0 Å². The van der Waals surface area contributed by atoms with Gasteiger partial charge in [-0.25, -0.2) is 14.8 Å². The van der Waals surface area contributed by atoms with Crippen molar-refractivity contribution in [1.82, 2.24) is 19.4 Å². The summed E-state index contributed by atoms with van der Waals surface area (Å²) in [4.78, 5) is 35.2. The molecule has 3 heterocycles. The summed E-state index contributed by atoms with van der Waals surface area (Å²) in [6, 6.07) is 11.0. The second-order valence-corrected chi connectivity index (χ2v) is 7.42. The lowest BCUT2D eigenvalue weighted by atomic mass is 10.1. The molecule has 1 aliphatic rings. The minimum Gasteiger partial charge on any atom is -0.466 e. The van der Waals surface area contributed by atoms with Gasteiger partial charge in [-0.2, -0.15) is 0 Å². The number of anilines is 1. The number of ether oxygens (including phenoxy) is 1. The lowest BCUT2D eigenvalue weighted by molar-refractivity contribution is -0.142. The number of esters is 1. The minimum absolute atomic E-state index is 0.132. The number of fused-ring (bicyclic) bond motifs is 1. The van der Waals surface area contributed by atoms with E-state index in [1.807, 2.05) is 40.8 Å². The zero-order chi connectivity index (χ0) is 21.1. The largest absolute Gasteiger partial charge is 0.466 e. The first kappa shape index (κ1) is 19.9. The number of nitrogens with zero attached hydrogens (tertiary/aromatic N) is 4. The molecule has 0 saturated carbocycles. The molecule has 0 aliphatic carbocycles. The summed E-state index contributed by atoms with van der Waals surface area (Å²) in [6.07, 6.45) is 2.85. The average molecular weight is 407 g/mol. The van der Waals surface area contributed by atoms with Crippen LogP contribution in [-0.4, -0.2) is 51.1 Å². The number of imidazole rings is 1. The Morgan fingerprint density at radius 1 is 1.23 bits per heavy atom. The normalized spacial score (nSPS) is 16.1. The zero-order valence-corrected chi connectivity index (χ0v) is 17.2. The van der Waals surface area contributed by atoms with E-state index in [0.717, 1.165) is 29.0 Å². The van der Waals surface area contributed by atoms with E-state index in [4.69, 9.17) is 9.72 Å². The number of benzene rings is 1. The van der Waals surface area contributed by atoms with E-state index in [1.165, 1.54) is 0 Å². The molecule has 2 aromatic heterocycles. The first-order chi connectivity index (χ1) is 14.5. The van der Waals surface area contributed by atoms with E-state index < -0.39 is 0 Å². The number of urea groups is 1. The highest BCUT2D eigenvalue weighted by Crippen LogP contribution is 2.28. The lowest BCUT2D eigenvalue weighted by Gasteiger charge is -2.17. The first-order valence-corrected chi connectivity index (χ1v) is 10.1. The van der Waals surface area contributed by atoms with Gasteiger partial charge in [0.1, 0.15) is 11.3 Å². The van der Waals surface area contributed by atoms with Crippen molar-refractivity contribution < 1.29 is 14.3 Å². The molecule has 0 spiro atoms.